The molecule has 2 aliphatic rings. The van der Waals surface area contributed by atoms with Crippen LogP contribution in [0.25, 0.3) is 0 Å². The lowest BCUT2D eigenvalue weighted by molar-refractivity contribution is 0.153. The predicted molar refractivity (Wildman–Crippen MR) is 136 cm³/mol. The molecular weight excluding hydrogens is 391 g/mol. The first-order chi connectivity index (χ1) is 15.7. The molecule has 0 saturated heterocycles. The second-order valence-electron chi connectivity index (χ2n) is 10.8. The summed E-state index contributed by atoms with van der Waals surface area (Å²) in [5, 5.41) is 0. The quantitative estimate of drug-likeness (QED) is 0.252. The van der Waals surface area contributed by atoms with E-state index < -0.39 is 0 Å². The lowest BCUT2D eigenvalue weighted by atomic mass is 9.69. The fraction of sp³-hybridized carbons (Fsp3) is 0.742. The van der Waals surface area contributed by atoms with Crippen LogP contribution in [0.4, 0.5) is 4.39 Å². The van der Waals surface area contributed by atoms with Crippen molar-refractivity contribution in [1.82, 2.24) is 0 Å². The van der Waals surface area contributed by atoms with Crippen molar-refractivity contribution in [3.05, 3.63) is 35.1 Å². The molecule has 0 nitrogen and oxygen atoms in total. The Balaban J connectivity index is 1.38. The summed E-state index contributed by atoms with van der Waals surface area (Å²) in [4.78, 5) is 0. The van der Waals surface area contributed by atoms with Gasteiger partial charge in [-0.3, -0.25) is 0 Å². The minimum atomic E-state index is -0.0717. The van der Waals surface area contributed by atoms with Crippen molar-refractivity contribution in [3.8, 4) is 11.8 Å². The van der Waals surface area contributed by atoms with E-state index in [1.165, 1.54) is 96.3 Å². The summed E-state index contributed by atoms with van der Waals surface area (Å²) in [6.45, 7) is 4.49. The zero-order chi connectivity index (χ0) is 22.6. The highest BCUT2D eigenvalue weighted by Gasteiger charge is 2.30. The monoisotopic (exact) mass is 438 g/mol. The molecule has 2 fully saturated rings. The SMILES string of the molecule is CCCCCCC1CCC(C2CCC(C#Cc3ccc(CCCCC)c(F)c3)CC2)CC1. The Labute approximate surface area is 198 Å². The van der Waals surface area contributed by atoms with Crippen LogP contribution in [-0.4, -0.2) is 0 Å². The van der Waals surface area contributed by atoms with Crippen molar-refractivity contribution in [3.63, 3.8) is 0 Å². The van der Waals surface area contributed by atoms with Gasteiger partial charge in [0.1, 0.15) is 5.82 Å². The average Bonchev–Trinajstić information content (AvgIpc) is 2.83. The molecule has 0 atom stereocenters. The second kappa shape index (κ2) is 14.1. The van der Waals surface area contributed by atoms with Gasteiger partial charge in [-0.2, -0.15) is 0 Å². The van der Waals surface area contributed by atoms with E-state index in [1.807, 2.05) is 12.1 Å². The molecule has 32 heavy (non-hydrogen) atoms. The van der Waals surface area contributed by atoms with Crippen LogP contribution in [-0.2, 0) is 6.42 Å². The van der Waals surface area contributed by atoms with Crippen LogP contribution < -0.4 is 0 Å². The van der Waals surface area contributed by atoms with Gasteiger partial charge in [0, 0.05) is 11.5 Å². The molecule has 1 aromatic carbocycles. The Bertz CT molecular complexity index is 708. The van der Waals surface area contributed by atoms with E-state index in [-0.39, 0.29) is 5.82 Å². The summed E-state index contributed by atoms with van der Waals surface area (Å²) >= 11 is 0. The van der Waals surface area contributed by atoms with Gasteiger partial charge in [-0.15, -0.1) is 0 Å². The topological polar surface area (TPSA) is 0 Å². The number of hydrogen-bond acceptors (Lipinski definition) is 0. The third-order valence-electron chi connectivity index (χ3n) is 8.32. The van der Waals surface area contributed by atoms with Crippen LogP contribution >= 0.6 is 0 Å². The molecule has 1 aromatic rings. The molecule has 0 amide bonds. The van der Waals surface area contributed by atoms with Crippen molar-refractivity contribution in [2.45, 2.75) is 123 Å². The molecule has 178 valence electrons. The van der Waals surface area contributed by atoms with Crippen LogP contribution in [0.1, 0.15) is 128 Å². The van der Waals surface area contributed by atoms with E-state index >= 15 is 0 Å². The highest BCUT2D eigenvalue weighted by atomic mass is 19.1. The Hall–Kier alpha value is -1.29. The predicted octanol–water partition coefficient (Wildman–Crippen LogP) is 9.49. The first-order valence-electron chi connectivity index (χ1n) is 14.0. The smallest absolute Gasteiger partial charge is 0.127 e. The molecule has 0 N–H and O–H groups in total. The summed E-state index contributed by atoms with van der Waals surface area (Å²) in [6, 6.07) is 5.62. The summed E-state index contributed by atoms with van der Waals surface area (Å²) in [5.41, 5.74) is 1.70. The average molecular weight is 439 g/mol. The molecule has 2 saturated carbocycles. The molecular formula is C31H47F. The van der Waals surface area contributed by atoms with Crippen LogP contribution in [0.5, 0.6) is 0 Å². The van der Waals surface area contributed by atoms with Crippen LogP contribution in [0.3, 0.4) is 0 Å². The molecule has 0 aromatic heterocycles. The largest absolute Gasteiger partial charge is 0.207 e. The Morgan fingerprint density at radius 1 is 0.781 bits per heavy atom. The molecule has 3 rings (SSSR count). The van der Waals surface area contributed by atoms with Crippen molar-refractivity contribution in [2.24, 2.45) is 23.7 Å². The zero-order valence-corrected chi connectivity index (χ0v) is 20.9. The molecule has 0 radical (unpaired) electrons. The van der Waals surface area contributed by atoms with Gasteiger partial charge in [-0.05, 0) is 86.8 Å². The molecule has 0 bridgehead atoms. The first kappa shape index (κ1) is 25.3. The van der Waals surface area contributed by atoms with E-state index in [0.29, 0.717) is 5.92 Å². The number of rotatable bonds is 10. The third-order valence-corrected chi connectivity index (χ3v) is 8.32. The maximum atomic E-state index is 14.4. The molecule has 1 heteroatoms. The molecule has 2 aliphatic carbocycles. The van der Waals surface area contributed by atoms with Crippen LogP contribution in [0, 0.1) is 41.3 Å². The fourth-order valence-electron chi connectivity index (χ4n) is 6.12. The van der Waals surface area contributed by atoms with Gasteiger partial charge in [0.05, 0.1) is 0 Å². The number of aryl methyl sites for hydroxylation is 1. The molecule has 0 unspecified atom stereocenters. The summed E-state index contributed by atoms with van der Waals surface area (Å²) < 4.78 is 14.4. The second-order valence-corrected chi connectivity index (χ2v) is 10.8. The molecule has 0 aliphatic heterocycles. The van der Waals surface area contributed by atoms with Gasteiger partial charge >= 0.3 is 0 Å². The standard InChI is InChI=1S/C31H47F/c1-3-5-7-9-10-25-14-19-28(20-15-25)29-21-16-26(17-22-29)12-13-27-18-23-30(31(32)24-27)11-8-6-4-2/h18,23-26,28-29H,3-11,14-17,19-22H2,1-2H3. The van der Waals surface area contributed by atoms with Crippen LogP contribution in [0.15, 0.2) is 18.2 Å². The maximum absolute atomic E-state index is 14.4. The minimum absolute atomic E-state index is 0.0717. The Morgan fingerprint density at radius 3 is 2.09 bits per heavy atom. The summed E-state index contributed by atoms with van der Waals surface area (Å²) in [5.74, 6) is 10.1. The van der Waals surface area contributed by atoms with Gasteiger partial charge in [0.2, 0.25) is 0 Å². The summed E-state index contributed by atoms with van der Waals surface area (Å²) in [6.07, 6.45) is 22.5. The van der Waals surface area contributed by atoms with Gasteiger partial charge < -0.3 is 0 Å². The lowest BCUT2D eigenvalue weighted by Gasteiger charge is -2.37. The van der Waals surface area contributed by atoms with E-state index in [2.05, 4.69) is 25.7 Å². The van der Waals surface area contributed by atoms with E-state index in [9.17, 15) is 4.39 Å². The van der Waals surface area contributed by atoms with Crippen LogP contribution in [0.2, 0.25) is 0 Å². The number of hydrogen-bond donors (Lipinski definition) is 0. The molecule has 0 spiro atoms. The number of halogens is 1. The Kier molecular flexibility index (Phi) is 11.1. The van der Waals surface area contributed by atoms with Gasteiger partial charge in [0.25, 0.3) is 0 Å². The summed E-state index contributed by atoms with van der Waals surface area (Å²) in [7, 11) is 0. The molecule has 0 heterocycles. The first-order valence-corrected chi connectivity index (χ1v) is 14.0. The van der Waals surface area contributed by atoms with Crippen molar-refractivity contribution in [1.29, 1.82) is 0 Å². The van der Waals surface area contributed by atoms with Gasteiger partial charge in [-0.1, -0.05) is 89.5 Å². The van der Waals surface area contributed by atoms with E-state index in [4.69, 9.17) is 0 Å². The van der Waals surface area contributed by atoms with Gasteiger partial charge in [0.15, 0.2) is 0 Å². The van der Waals surface area contributed by atoms with E-state index in [0.717, 1.165) is 41.7 Å². The highest BCUT2D eigenvalue weighted by molar-refractivity contribution is 5.37. The number of unbranched alkanes of at least 4 members (excludes halogenated alkanes) is 5. The van der Waals surface area contributed by atoms with Crippen molar-refractivity contribution in [2.75, 3.05) is 0 Å². The van der Waals surface area contributed by atoms with Gasteiger partial charge in [-0.25, -0.2) is 4.39 Å². The number of benzene rings is 1. The van der Waals surface area contributed by atoms with Crippen molar-refractivity contribution < 1.29 is 4.39 Å². The maximum Gasteiger partial charge on any atom is 0.127 e. The Morgan fingerprint density at radius 2 is 1.44 bits per heavy atom. The fourth-order valence-corrected chi connectivity index (χ4v) is 6.12. The third kappa shape index (κ3) is 8.24. The highest BCUT2D eigenvalue weighted by Crippen LogP contribution is 2.42. The van der Waals surface area contributed by atoms with Crippen molar-refractivity contribution >= 4 is 0 Å². The lowest BCUT2D eigenvalue weighted by Crippen LogP contribution is -2.25. The van der Waals surface area contributed by atoms with E-state index in [1.54, 1.807) is 6.07 Å². The zero-order valence-electron chi connectivity index (χ0n) is 20.9. The normalized spacial score (nSPS) is 25.8. The minimum Gasteiger partial charge on any atom is -0.207 e.